The molecule has 1 amide bonds. The first-order valence-electron chi connectivity index (χ1n) is 6.34. The second kappa shape index (κ2) is 7.70. The molecule has 0 fully saturated rings. The van der Waals surface area contributed by atoms with E-state index in [2.05, 4.69) is 5.32 Å². The number of carboxylic acids is 1. The summed E-state index contributed by atoms with van der Waals surface area (Å²) in [6, 6.07) is 6.72. The molecule has 0 spiro atoms. The van der Waals surface area contributed by atoms with Crippen LogP contribution in [0.3, 0.4) is 0 Å². The van der Waals surface area contributed by atoms with Crippen LogP contribution in [-0.2, 0) is 9.59 Å². The maximum atomic E-state index is 11.8. The van der Waals surface area contributed by atoms with Gasteiger partial charge in [-0.25, -0.2) is 0 Å². The molecule has 0 heterocycles. The molecule has 1 atom stereocenters. The lowest BCUT2D eigenvalue weighted by molar-refractivity contribution is -0.138. The van der Waals surface area contributed by atoms with E-state index < -0.39 is 5.97 Å². The first kappa shape index (κ1) is 16.2. The van der Waals surface area contributed by atoms with Crippen LogP contribution in [0.4, 0.5) is 0 Å². The molecule has 0 bridgehead atoms. The summed E-state index contributed by atoms with van der Waals surface area (Å²) in [6.45, 7) is 3.74. The number of rotatable bonds is 6. The van der Waals surface area contributed by atoms with Crippen molar-refractivity contribution in [3.63, 3.8) is 0 Å². The minimum atomic E-state index is -0.928. The fourth-order valence-corrected chi connectivity index (χ4v) is 1.85. The number of nitrogens with one attached hydrogen (secondary N) is 1. The van der Waals surface area contributed by atoms with Crippen molar-refractivity contribution in [3.8, 4) is 0 Å². The van der Waals surface area contributed by atoms with E-state index in [1.807, 2.05) is 19.9 Å². The second-order valence-corrected chi connectivity index (χ2v) is 5.28. The first-order chi connectivity index (χ1) is 9.38. The summed E-state index contributed by atoms with van der Waals surface area (Å²) >= 11 is 5.84. The summed E-state index contributed by atoms with van der Waals surface area (Å²) in [4.78, 5) is 22.5. The molecule has 0 radical (unpaired) electrons. The molecule has 0 saturated heterocycles. The summed E-state index contributed by atoms with van der Waals surface area (Å²) < 4.78 is 0. The zero-order valence-corrected chi connectivity index (χ0v) is 12.2. The van der Waals surface area contributed by atoms with Crippen molar-refractivity contribution in [2.24, 2.45) is 5.92 Å². The third-order valence-corrected chi connectivity index (χ3v) is 3.04. The van der Waals surface area contributed by atoms with E-state index >= 15 is 0 Å². The van der Waals surface area contributed by atoms with Crippen molar-refractivity contribution in [2.75, 3.05) is 0 Å². The molecule has 0 saturated carbocycles. The summed E-state index contributed by atoms with van der Waals surface area (Å²) in [5.74, 6) is -1.19. The van der Waals surface area contributed by atoms with E-state index in [1.165, 1.54) is 6.08 Å². The fraction of sp³-hybridized carbons (Fsp3) is 0.333. The molecule has 5 heteroatoms. The first-order valence-corrected chi connectivity index (χ1v) is 6.72. The molecule has 4 nitrogen and oxygen atoms in total. The highest BCUT2D eigenvalue weighted by atomic mass is 35.5. The lowest BCUT2D eigenvalue weighted by atomic mass is 10.0. The molecule has 108 valence electrons. The van der Waals surface area contributed by atoms with E-state index in [0.29, 0.717) is 5.02 Å². The van der Waals surface area contributed by atoms with Crippen LogP contribution in [0.5, 0.6) is 0 Å². The van der Waals surface area contributed by atoms with Crippen LogP contribution in [0.1, 0.15) is 25.8 Å². The van der Waals surface area contributed by atoms with E-state index in [1.54, 1.807) is 24.3 Å². The van der Waals surface area contributed by atoms with E-state index in [0.717, 1.165) is 5.56 Å². The predicted molar refractivity (Wildman–Crippen MR) is 79.5 cm³/mol. The average Bonchev–Trinajstić information content (AvgIpc) is 2.35. The Morgan fingerprint density at radius 2 is 2.10 bits per heavy atom. The smallest absolute Gasteiger partial charge is 0.305 e. The Hall–Kier alpha value is -1.81. The normalized spacial score (nSPS) is 12.6. The van der Waals surface area contributed by atoms with E-state index in [-0.39, 0.29) is 24.3 Å². The van der Waals surface area contributed by atoms with Gasteiger partial charge in [-0.05, 0) is 29.7 Å². The van der Waals surface area contributed by atoms with Gasteiger partial charge < -0.3 is 10.4 Å². The molecular formula is C15H18ClNO3. The van der Waals surface area contributed by atoms with Gasteiger partial charge >= 0.3 is 5.97 Å². The molecule has 2 N–H and O–H groups in total. The molecule has 0 aliphatic carbocycles. The highest BCUT2D eigenvalue weighted by molar-refractivity contribution is 6.30. The summed E-state index contributed by atoms with van der Waals surface area (Å²) in [5.41, 5.74) is 0.812. The van der Waals surface area contributed by atoms with Crippen LogP contribution in [0.25, 0.3) is 6.08 Å². The molecule has 1 unspecified atom stereocenters. The average molecular weight is 296 g/mol. The summed E-state index contributed by atoms with van der Waals surface area (Å²) in [6.07, 6.45) is 2.93. The van der Waals surface area contributed by atoms with Crippen LogP contribution in [0.15, 0.2) is 30.3 Å². The van der Waals surface area contributed by atoms with Crippen LogP contribution >= 0.6 is 11.6 Å². The highest BCUT2D eigenvalue weighted by Crippen LogP contribution is 2.12. The van der Waals surface area contributed by atoms with Gasteiger partial charge in [0.25, 0.3) is 0 Å². The number of carboxylic acid groups (broad SMARTS) is 1. The van der Waals surface area contributed by atoms with Gasteiger partial charge in [-0.1, -0.05) is 37.6 Å². The van der Waals surface area contributed by atoms with E-state index in [9.17, 15) is 9.59 Å². The van der Waals surface area contributed by atoms with Crippen LogP contribution < -0.4 is 5.32 Å². The van der Waals surface area contributed by atoms with Gasteiger partial charge in [-0.15, -0.1) is 0 Å². The van der Waals surface area contributed by atoms with Crippen molar-refractivity contribution in [2.45, 2.75) is 26.3 Å². The number of hydrogen-bond donors (Lipinski definition) is 2. The number of benzene rings is 1. The number of hydrogen-bond acceptors (Lipinski definition) is 2. The Kier molecular flexibility index (Phi) is 6.25. The number of aliphatic carboxylic acids is 1. The molecule has 0 aliphatic rings. The number of carbonyl (C=O) groups excluding carboxylic acids is 1. The Bertz CT molecular complexity index is 512. The quantitative estimate of drug-likeness (QED) is 0.793. The van der Waals surface area contributed by atoms with Crippen molar-refractivity contribution in [1.29, 1.82) is 0 Å². The Morgan fingerprint density at radius 3 is 2.65 bits per heavy atom. The van der Waals surface area contributed by atoms with Crippen molar-refractivity contribution >= 4 is 29.6 Å². The van der Waals surface area contributed by atoms with Gasteiger partial charge in [0.2, 0.25) is 5.91 Å². The lowest BCUT2D eigenvalue weighted by Crippen LogP contribution is -2.39. The van der Waals surface area contributed by atoms with Gasteiger partial charge in [0, 0.05) is 17.1 Å². The Labute approximate surface area is 123 Å². The maximum Gasteiger partial charge on any atom is 0.305 e. The van der Waals surface area contributed by atoms with Gasteiger partial charge in [0.1, 0.15) is 0 Å². The summed E-state index contributed by atoms with van der Waals surface area (Å²) in [5, 5.41) is 12.1. The fourth-order valence-electron chi connectivity index (χ4n) is 1.65. The van der Waals surface area contributed by atoms with Crippen molar-refractivity contribution < 1.29 is 14.7 Å². The zero-order valence-electron chi connectivity index (χ0n) is 11.5. The zero-order chi connectivity index (χ0) is 15.1. The monoisotopic (exact) mass is 295 g/mol. The Morgan fingerprint density at radius 1 is 1.40 bits per heavy atom. The standard InChI is InChI=1S/C15H18ClNO3/c1-10(2)13(9-15(19)20)17-14(18)7-6-11-4-3-5-12(16)8-11/h3-8,10,13H,9H2,1-2H3,(H,17,18)(H,19,20)/b7-6+. The van der Waals surface area contributed by atoms with Crippen molar-refractivity contribution in [3.05, 3.63) is 40.9 Å². The Balaban J connectivity index is 2.63. The van der Waals surface area contributed by atoms with Gasteiger partial charge in [-0.2, -0.15) is 0 Å². The predicted octanol–water partition coefficient (Wildman–Crippen LogP) is 2.97. The van der Waals surface area contributed by atoms with Crippen LogP contribution in [0, 0.1) is 5.92 Å². The third kappa shape index (κ3) is 5.89. The molecule has 20 heavy (non-hydrogen) atoms. The molecule has 0 aromatic heterocycles. The number of amides is 1. The van der Waals surface area contributed by atoms with Crippen LogP contribution in [-0.4, -0.2) is 23.0 Å². The lowest BCUT2D eigenvalue weighted by Gasteiger charge is -2.19. The van der Waals surface area contributed by atoms with Gasteiger partial charge in [-0.3, -0.25) is 9.59 Å². The molecule has 1 aromatic rings. The third-order valence-electron chi connectivity index (χ3n) is 2.80. The summed E-state index contributed by atoms with van der Waals surface area (Å²) in [7, 11) is 0. The number of halogens is 1. The molecule has 1 aromatic carbocycles. The van der Waals surface area contributed by atoms with E-state index in [4.69, 9.17) is 16.7 Å². The van der Waals surface area contributed by atoms with Crippen molar-refractivity contribution in [1.82, 2.24) is 5.32 Å². The maximum absolute atomic E-state index is 11.8. The van der Waals surface area contributed by atoms with Gasteiger partial charge in [0.15, 0.2) is 0 Å². The highest BCUT2D eigenvalue weighted by Gasteiger charge is 2.18. The molecule has 1 rings (SSSR count). The molecular weight excluding hydrogens is 278 g/mol. The topological polar surface area (TPSA) is 66.4 Å². The SMILES string of the molecule is CC(C)C(CC(=O)O)NC(=O)/C=C/c1cccc(Cl)c1. The minimum Gasteiger partial charge on any atom is -0.481 e. The number of carbonyl (C=O) groups is 2. The molecule has 0 aliphatic heterocycles. The largest absolute Gasteiger partial charge is 0.481 e. The van der Waals surface area contributed by atoms with Gasteiger partial charge in [0.05, 0.1) is 6.42 Å². The second-order valence-electron chi connectivity index (χ2n) is 4.85. The van der Waals surface area contributed by atoms with Crippen LogP contribution in [0.2, 0.25) is 5.02 Å². The minimum absolute atomic E-state index is 0.0506.